The highest BCUT2D eigenvalue weighted by Gasteiger charge is 2.31. The smallest absolute Gasteiger partial charge is 0.316 e. The number of hydrogen-bond donors (Lipinski definition) is 1. The molecule has 4 nitrogen and oxygen atoms in total. The van der Waals surface area contributed by atoms with Crippen LogP contribution < -0.4 is 5.32 Å². The summed E-state index contributed by atoms with van der Waals surface area (Å²) in [5.74, 6) is -1.10. The maximum Gasteiger partial charge on any atom is 0.316 e. The molecule has 0 atom stereocenters. The lowest BCUT2D eigenvalue weighted by atomic mass is 9.85. The number of carbonyl (C=O) groups is 2. The molecule has 2 rings (SSSR count). The molecule has 0 saturated carbocycles. The Hall–Kier alpha value is -2.69. The van der Waals surface area contributed by atoms with E-state index >= 15 is 0 Å². The minimum absolute atomic E-state index is 0.291. The second kappa shape index (κ2) is 8.42. The fraction of sp³-hybridized carbons (Fsp3) is 0.300. The summed E-state index contributed by atoms with van der Waals surface area (Å²) in [6.45, 7) is 3.59. The van der Waals surface area contributed by atoms with E-state index in [1.165, 1.54) is 12.1 Å². The molecule has 0 fully saturated rings. The number of amides is 1. The SMILES string of the molecule is CC(C)(C(=O)OCC(=O)NCCc1ccc(F)cc1)c1ccccc1. The highest BCUT2D eigenvalue weighted by atomic mass is 19.1. The minimum atomic E-state index is -0.824. The quantitative estimate of drug-likeness (QED) is 0.786. The number of hydrogen-bond acceptors (Lipinski definition) is 3. The normalized spacial score (nSPS) is 11.0. The number of rotatable bonds is 7. The molecule has 0 aliphatic heterocycles. The van der Waals surface area contributed by atoms with E-state index in [1.54, 1.807) is 26.0 Å². The average Bonchev–Trinajstić information content (AvgIpc) is 2.62. The molecule has 0 heterocycles. The number of benzene rings is 2. The van der Waals surface area contributed by atoms with Gasteiger partial charge in [-0.05, 0) is 43.5 Å². The topological polar surface area (TPSA) is 55.4 Å². The number of esters is 1. The summed E-state index contributed by atoms with van der Waals surface area (Å²) >= 11 is 0. The van der Waals surface area contributed by atoms with Gasteiger partial charge in [-0.3, -0.25) is 9.59 Å². The molecule has 1 amide bonds. The van der Waals surface area contributed by atoms with Crippen LogP contribution in [0.4, 0.5) is 4.39 Å². The van der Waals surface area contributed by atoms with Gasteiger partial charge in [0.2, 0.25) is 0 Å². The number of carbonyl (C=O) groups excluding carboxylic acids is 2. The van der Waals surface area contributed by atoms with Gasteiger partial charge >= 0.3 is 5.97 Å². The van der Waals surface area contributed by atoms with Gasteiger partial charge in [0, 0.05) is 6.54 Å². The third-order valence-corrected chi connectivity index (χ3v) is 3.99. The molecular weight excluding hydrogens is 321 g/mol. The molecule has 0 saturated heterocycles. The van der Waals surface area contributed by atoms with E-state index in [9.17, 15) is 14.0 Å². The van der Waals surface area contributed by atoms with Crippen LogP contribution in [-0.2, 0) is 26.2 Å². The van der Waals surface area contributed by atoms with Gasteiger partial charge in [-0.1, -0.05) is 42.5 Å². The fourth-order valence-corrected chi connectivity index (χ4v) is 2.33. The van der Waals surface area contributed by atoms with Crippen molar-refractivity contribution in [3.05, 3.63) is 71.5 Å². The molecule has 5 heteroatoms. The zero-order valence-electron chi connectivity index (χ0n) is 14.4. The summed E-state index contributed by atoms with van der Waals surface area (Å²) in [5.41, 5.74) is 0.927. The van der Waals surface area contributed by atoms with Crippen molar-refractivity contribution in [2.45, 2.75) is 25.7 Å². The molecule has 25 heavy (non-hydrogen) atoms. The van der Waals surface area contributed by atoms with E-state index in [0.29, 0.717) is 13.0 Å². The van der Waals surface area contributed by atoms with Crippen LogP contribution in [0.15, 0.2) is 54.6 Å². The van der Waals surface area contributed by atoms with Crippen LogP contribution in [0.1, 0.15) is 25.0 Å². The van der Waals surface area contributed by atoms with Gasteiger partial charge in [-0.2, -0.15) is 0 Å². The lowest BCUT2D eigenvalue weighted by Crippen LogP contribution is -2.36. The zero-order chi connectivity index (χ0) is 18.3. The van der Waals surface area contributed by atoms with Crippen LogP contribution in [0.25, 0.3) is 0 Å². The van der Waals surface area contributed by atoms with Crippen LogP contribution in [0, 0.1) is 5.82 Å². The van der Waals surface area contributed by atoms with Gasteiger partial charge in [-0.15, -0.1) is 0 Å². The van der Waals surface area contributed by atoms with Crippen LogP contribution >= 0.6 is 0 Å². The first kappa shape index (κ1) is 18.6. The van der Waals surface area contributed by atoms with Crippen molar-refractivity contribution >= 4 is 11.9 Å². The number of ether oxygens (including phenoxy) is 1. The molecule has 2 aromatic carbocycles. The van der Waals surface area contributed by atoms with Crippen molar-refractivity contribution in [3.63, 3.8) is 0 Å². The molecule has 0 aromatic heterocycles. The Kier molecular flexibility index (Phi) is 6.28. The molecule has 132 valence electrons. The highest BCUT2D eigenvalue weighted by molar-refractivity contribution is 5.85. The Bertz CT molecular complexity index is 711. The van der Waals surface area contributed by atoms with Crippen molar-refractivity contribution in [2.75, 3.05) is 13.2 Å². The molecule has 1 N–H and O–H groups in total. The van der Waals surface area contributed by atoms with Crippen LogP contribution in [0.2, 0.25) is 0 Å². The van der Waals surface area contributed by atoms with Gasteiger partial charge in [0.05, 0.1) is 5.41 Å². The fourth-order valence-electron chi connectivity index (χ4n) is 2.33. The van der Waals surface area contributed by atoms with Crippen molar-refractivity contribution in [2.24, 2.45) is 0 Å². The van der Waals surface area contributed by atoms with E-state index in [-0.39, 0.29) is 18.3 Å². The van der Waals surface area contributed by atoms with Crippen molar-refractivity contribution < 1.29 is 18.7 Å². The van der Waals surface area contributed by atoms with E-state index in [4.69, 9.17) is 4.74 Å². The largest absolute Gasteiger partial charge is 0.455 e. The lowest BCUT2D eigenvalue weighted by Gasteiger charge is -2.22. The first-order valence-electron chi connectivity index (χ1n) is 8.13. The first-order chi connectivity index (χ1) is 11.9. The summed E-state index contributed by atoms with van der Waals surface area (Å²) in [6.07, 6.45) is 0.579. The van der Waals surface area contributed by atoms with Crippen molar-refractivity contribution in [3.8, 4) is 0 Å². The predicted molar refractivity (Wildman–Crippen MR) is 93.5 cm³/mol. The van der Waals surface area contributed by atoms with E-state index in [1.807, 2.05) is 30.3 Å². The average molecular weight is 343 g/mol. The highest BCUT2D eigenvalue weighted by Crippen LogP contribution is 2.24. The van der Waals surface area contributed by atoms with E-state index in [0.717, 1.165) is 11.1 Å². The summed E-state index contributed by atoms with van der Waals surface area (Å²) in [7, 11) is 0. The van der Waals surface area contributed by atoms with Crippen LogP contribution in [0.3, 0.4) is 0 Å². The van der Waals surface area contributed by atoms with Gasteiger partial charge in [-0.25, -0.2) is 4.39 Å². The maximum absolute atomic E-state index is 12.8. The molecule has 0 spiro atoms. The van der Waals surface area contributed by atoms with E-state index in [2.05, 4.69) is 5.32 Å². The third-order valence-electron chi connectivity index (χ3n) is 3.99. The lowest BCUT2D eigenvalue weighted by molar-refractivity contribution is -0.153. The molecule has 0 aliphatic carbocycles. The summed E-state index contributed by atoms with van der Waals surface area (Å²) in [4.78, 5) is 24.1. The monoisotopic (exact) mass is 343 g/mol. The Morgan fingerprint density at radius 2 is 1.68 bits per heavy atom. The maximum atomic E-state index is 12.8. The Morgan fingerprint density at radius 3 is 2.32 bits per heavy atom. The van der Waals surface area contributed by atoms with Crippen molar-refractivity contribution in [1.29, 1.82) is 0 Å². The van der Waals surface area contributed by atoms with Gasteiger partial charge < -0.3 is 10.1 Å². The second-order valence-corrected chi connectivity index (χ2v) is 6.29. The molecule has 0 radical (unpaired) electrons. The van der Waals surface area contributed by atoms with Gasteiger partial charge in [0.25, 0.3) is 5.91 Å². The molecule has 0 unspecified atom stereocenters. The number of halogens is 1. The van der Waals surface area contributed by atoms with Gasteiger partial charge in [0.15, 0.2) is 6.61 Å². The molecule has 2 aromatic rings. The summed E-state index contributed by atoms with van der Waals surface area (Å²) in [5, 5.41) is 2.68. The van der Waals surface area contributed by atoms with Crippen LogP contribution in [0.5, 0.6) is 0 Å². The Balaban J connectivity index is 1.75. The van der Waals surface area contributed by atoms with E-state index < -0.39 is 11.4 Å². The van der Waals surface area contributed by atoms with Gasteiger partial charge in [0.1, 0.15) is 5.82 Å². The number of nitrogens with one attached hydrogen (secondary N) is 1. The predicted octanol–water partition coefficient (Wildman–Crippen LogP) is 3.01. The molecule has 0 aliphatic rings. The summed E-state index contributed by atoms with van der Waals surface area (Å²) < 4.78 is 18.0. The first-order valence-corrected chi connectivity index (χ1v) is 8.13. The Morgan fingerprint density at radius 1 is 1.04 bits per heavy atom. The zero-order valence-corrected chi connectivity index (χ0v) is 14.4. The third kappa shape index (κ3) is 5.41. The molecular formula is C20H22FNO3. The van der Waals surface area contributed by atoms with Crippen LogP contribution in [-0.4, -0.2) is 25.0 Å². The van der Waals surface area contributed by atoms with Crippen molar-refractivity contribution in [1.82, 2.24) is 5.32 Å². The minimum Gasteiger partial charge on any atom is -0.455 e. The standard InChI is InChI=1S/C20H22FNO3/c1-20(2,16-6-4-3-5-7-16)19(24)25-14-18(23)22-13-12-15-8-10-17(21)11-9-15/h3-11H,12-14H2,1-2H3,(H,22,23). The summed E-state index contributed by atoms with van der Waals surface area (Å²) in [6, 6.07) is 15.4. The molecule has 0 bridgehead atoms. The second-order valence-electron chi connectivity index (χ2n) is 6.29. The Labute approximate surface area is 147 Å².